The number of unbranched alkanes of at least 4 members (excludes halogenated alkanes) is 1. The molecule has 0 bridgehead atoms. The fourth-order valence-electron chi connectivity index (χ4n) is 2.78. The van der Waals surface area contributed by atoms with Gasteiger partial charge in [0.1, 0.15) is 6.61 Å². The molecule has 29 heavy (non-hydrogen) atoms. The first kappa shape index (κ1) is 23.1. The molecular formula is C21H30N2O5S. The molecule has 0 spiro atoms. The first-order chi connectivity index (χ1) is 13.5. The van der Waals surface area contributed by atoms with Gasteiger partial charge in [-0.2, -0.15) is 0 Å². The van der Waals surface area contributed by atoms with Crippen molar-refractivity contribution in [3.8, 4) is 0 Å². The van der Waals surface area contributed by atoms with E-state index >= 15 is 0 Å². The number of aryl methyl sites for hydroxylation is 1. The van der Waals surface area contributed by atoms with Crippen molar-refractivity contribution in [2.75, 3.05) is 18.5 Å². The number of rotatable bonds is 8. The summed E-state index contributed by atoms with van der Waals surface area (Å²) in [6.45, 7) is 7.49. The van der Waals surface area contributed by atoms with Gasteiger partial charge in [0.05, 0.1) is 4.75 Å². The Balaban J connectivity index is 1.79. The molecule has 7 nitrogen and oxygen atoms in total. The summed E-state index contributed by atoms with van der Waals surface area (Å²) in [5.74, 6) is -0.410. The van der Waals surface area contributed by atoms with Gasteiger partial charge in [0.15, 0.2) is 0 Å². The first-order valence-corrected chi connectivity index (χ1v) is 11.2. The second kappa shape index (κ2) is 9.54. The molecule has 1 aromatic carbocycles. The molecule has 1 amide bonds. The Kier molecular flexibility index (Phi) is 7.60. The van der Waals surface area contributed by atoms with Crippen LogP contribution in [0.25, 0.3) is 0 Å². The molecule has 0 aliphatic carbocycles. The molecular weight excluding hydrogens is 392 g/mol. The van der Waals surface area contributed by atoms with Crippen molar-refractivity contribution in [2.45, 2.75) is 57.6 Å². The molecule has 0 radical (unpaired) electrons. The lowest BCUT2D eigenvalue weighted by Gasteiger charge is -2.19. The van der Waals surface area contributed by atoms with Crippen molar-refractivity contribution < 1.29 is 22.7 Å². The zero-order valence-electron chi connectivity index (χ0n) is 17.4. The maximum absolute atomic E-state index is 12.2. The topological polar surface area (TPSA) is 102 Å². The number of hydrogen-bond acceptors (Lipinski definition) is 5. The molecule has 2 rings (SSSR count). The predicted molar refractivity (Wildman–Crippen MR) is 113 cm³/mol. The number of carbonyl (C=O) groups excluding carboxylic acids is 2. The van der Waals surface area contributed by atoms with Crippen LogP contribution in [0.5, 0.6) is 0 Å². The van der Waals surface area contributed by atoms with Crippen molar-refractivity contribution >= 4 is 27.6 Å². The van der Waals surface area contributed by atoms with Crippen LogP contribution < -0.4 is 10.0 Å². The largest absolute Gasteiger partial charge is 0.462 e. The van der Waals surface area contributed by atoms with Gasteiger partial charge in [0.25, 0.3) is 0 Å². The van der Waals surface area contributed by atoms with E-state index in [4.69, 9.17) is 4.74 Å². The van der Waals surface area contributed by atoms with Crippen LogP contribution in [0.1, 0.15) is 57.1 Å². The standard InChI is InChI=1S/C21H30N2O5S/c1-15-13-16(17-9-11-20(25)28-14-17)8-10-18(15)23-19(24)7-5-6-12-22-29(26,27)21(2,3)4/h8-11,13,17,22H,5-7,12,14H2,1-4H3,(H,23,24). The number of sulfonamides is 1. The van der Waals surface area contributed by atoms with Gasteiger partial charge in [0.2, 0.25) is 15.9 Å². The Bertz CT molecular complexity index is 885. The highest BCUT2D eigenvalue weighted by Gasteiger charge is 2.28. The summed E-state index contributed by atoms with van der Waals surface area (Å²) >= 11 is 0. The number of cyclic esters (lactones) is 1. The Morgan fingerprint density at radius 3 is 2.55 bits per heavy atom. The zero-order chi connectivity index (χ0) is 21.7. The quantitative estimate of drug-likeness (QED) is 0.495. The molecule has 8 heteroatoms. The maximum atomic E-state index is 12.2. The normalized spacial score (nSPS) is 17.1. The summed E-state index contributed by atoms with van der Waals surface area (Å²) in [4.78, 5) is 23.3. The van der Waals surface area contributed by atoms with Crippen molar-refractivity contribution in [2.24, 2.45) is 0 Å². The molecule has 1 unspecified atom stereocenters. The lowest BCUT2D eigenvalue weighted by molar-refractivity contribution is -0.138. The van der Waals surface area contributed by atoms with Gasteiger partial charge in [0, 0.05) is 30.6 Å². The van der Waals surface area contributed by atoms with E-state index in [1.165, 1.54) is 6.08 Å². The number of esters is 1. The smallest absolute Gasteiger partial charge is 0.330 e. The van der Waals surface area contributed by atoms with Crippen LogP contribution in [-0.2, 0) is 24.3 Å². The highest BCUT2D eigenvalue weighted by atomic mass is 32.2. The lowest BCUT2D eigenvalue weighted by atomic mass is 9.96. The van der Waals surface area contributed by atoms with Crippen LogP contribution in [-0.4, -0.2) is 38.2 Å². The summed E-state index contributed by atoms with van der Waals surface area (Å²) in [6.07, 6.45) is 4.76. The van der Waals surface area contributed by atoms with Crippen molar-refractivity contribution in [1.82, 2.24) is 4.72 Å². The van der Waals surface area contributed by atoms with Crippen molar-refractivity contribution in [3.05, 3.63) is 41.5 Å². The SMILES string of the molecule is Cc1cc(C2C=CC(=O)OC2)ccc1NC(=O)CCCCNS(=O)(=O)C(C)(C)C. The Labute approximate surface area is 173 Å². The number of benzene rings is 1. The van der Waals surface area contributed by atoms with Gasteiger partial charge in [-0.1, -0.05) is 18.2 Å². The molecule has 1 aliphatic rings. The number of ether oxygens (including phenoxy) is 1. The summed E-state index contributed by atoms with van der Waals surface area (Å²) in [7, 11) is -3.35. The number of hydrogen-bond donors (Lipinski definition) is 2. The Morgan fingerprint density at radius 1 is 1.24 bits per heavy atom. The van der Waals surface area contributed by atoms with Crippen molar-refractivity contribution in [3.63, 3.8) is 0 Å². The number of anilines is 1. The first-order valence-electron chi connectivity index (χ1n) is 9.74. The minimum Gasteiger partial charge on any atom is -0.462 e. The molecule has 0 saturated heterocycles. The molecule has 1 aromatic rings. The van der Waals surface area contributed by atoms with Gasteiger partial charge in [-0.15, -0.1) is 0 Å². The third kappa shape index (κ3) is 6.68. The highest BCUT2D eigenvalue weighted by Crippen LogP contribution is 2.25. The molecule has 0 fully saturated rings. The van der Waals surface area contributed by atoms with E-state index in [1.54, 1.807) is 20.8 Å². The fourth-order valence-corrected chi connectivity index (χ4v) is 3.63. The predicted octanol–water partition coefficient (Wildman–Crippen LogP) is 3.02. The van der Waals surface area contributed by atoms with Crippen LogP contribution in [0, 0.1) is 6.92 Å². The third-order valence-corrected chi connectivity index (χ3v) is 6.95. The fraction of sp³-hybridized carbons (Fsp3) is 0.524. The van der Waals surface area contributed by atoms with E-state index in [1.807, 2.05) is 31.2 Å². The number of nitrogens with one attached hydrogen (secondary N) is 2. The van der Waals surface area contributed by atoms with Crippen LogP contribution in [0.4, 0.5) is 5.69 Å². The highest BCUT2D eigenvalue weighted by molar-refractivity contribution is 7.90. The van der Waals surface area contributed by atoms with E-state index in [0.29, 0.717) is 32.4 Å². The Morgan fingerprint density at radius 2 is 1.97 bits per heavy atom. The van der Waals surface area contributed by atoms with Crippen LogP contribution >= 0.6 is 0 Å². The van der Waals surface area contributed by atoms with E-state index in [-0.39, 0.29) is 17.8 Å². The van der Waals surface area contributed by atoms with E-state index < -0.39 is 14.8 Å². The summed E-state index contributed by atoms with van der Waals surface area (Å²) in [5, 5.41) is 2.90. The number of amides is 1. The lowest BCUT2D eigenvalue weighted by Crippen LogP contribution is -2.39. The molecule has 1 aliphatic heterocycles. The monoisotopic (exact) mass is 422 g/mol. The van der Waals surface area contributed by atoms with Crippen LogP contribution in [0.15, 0.2) is 30.4 Å². The number of carbonyl (C=O) groups is 2. The van der Waals surface area contributed by atoms with Crippen LogP contribution in [0.2, 0.25) is 0 Å². The van der Waals surface area contributed by atoms with E-state index in [2.05, 4.69) is 10.0 Å². The van der Waals surface area contributed by atoms with Gasteiger partial charge in [-0.3, -0.25) is 4.79 Å². The van der Waals surface area contributed by atoms with Gasteiger partial charge in [-0.25, -0.2) is 17.9 Å². The summed E-state index contributed by atoms with van der Waals surface area (Å²) in [6, 6.07) is 5.74. The second-order valence-corrected chi connectivity index (χ2v) is 10.7. The second-order valence-electron chi connectivity index (χ2n) is 8.19. The maximum Gasteiger partial charge on any atom is 0.330 e. The van der Waals surface area contributed by atoms with Gasteiger partial charge >= 0.3 is 5.97 Å². The molecule has 1 heterocycles. The summed E-state index contributed by atoms with van der Waals surface area (Å²) < 4.78 is 30.7. The molecule has 160 valence electrons. The van der Waals surface area contributed by atoms with Gasteiger partial charge in [-0.05, 0) is 57.7 Å². The van der Waals surface area contributed by atoms with Gasteiger partial charge < -0.3 is 10.1 Å². The summed E-state index contributed by atoms with van der Waals surface area (Å²) in [5.41, 5.74) is 2.69. The van der Waals surface area contributed by atoms with Crippen molar-refractivity contribution in [1.29, 1.82) is 0 Å². The van der Waals surface area contributed by atoms with E-state index in [0.717, 1.165) is 16.8 Å². The minimum absolute atomic E-state index is 0.0213. The zero-order valence-corrected chi connectivity index (χ0v) is 18.3. The average Bonchev–Trinajstić information content (AvgIpc) is 2.63. The minimum atomic E-state index is -3.35. The van der Waals surface area contributed by atoms with Crippen LogP contribution in [0.3, 0.4) is 0 Å². The molecule has 0 aromatic heterocycles. The molecule has 0 saturated carbocycles. The van der Waals surface area contributed by atoms with E-state index in [9.17, 15) is 18.0 Å². The third-order valence-electron chi connectivity index (χ3n) is 4.75. The molecule has 1 atom stereocenters. The molecule has 2 N–H and O–H groups in total. The Hall–Kier alpha value is -2.19. The average molecular weight is 423 g/mol.